The van der Waals surface area contributed by atoms with E-state index in [0.717, 1.165) is 52.9 Å². The Morgan fingerprint density at radius 1 is 0.415 bits per heavy atom. The number of quaternary nitrogens is 2. The Hall–Kier alpha value is -3.04. The largest absolute Gasteiger partial charge is 0.494 e. The fraction of sp³-hybridized carbons (Fsp3) is 0.621. The van der Waals surface area contributed by atoms with Crippen LogP contribution in [-0.2, 0) is 0 Å². The standard InChI is InChI=1S/C58H88N2O2S3/c1-8-52-38-41-55(63-52)57-43-44-58(65-57)56-42-39-53(64-56)37-35-50-49-51(61-47-33-29-25-21-17-15-19-23-27-31-45-59(9-2,10-3)11-4)36-40-54(50)62-48-34-30-26-22-18-16-20-24-28-32-46-60(12-5,13-6)14-7/h1,36,38-44,49H,9-34,45-48H2,2-7H3/q+2. The van der Waals surface area contributed by atoms with E-state index in [2.05, 4.69) is 108 Å². The molecule has 0 unspecified atom stereocenters. The summed E-state index contributed by atoms with van der Waals surface area (Å²) in [7, 11) is 0. The molecule has 7 heteroatoms. The van der Waals surface area contributed by atoms with Crippen LogP contribution in [0.4, 0.5) is 0 Å². The summed E-state index contributed by atoms with van der Waals surface area (Å²) in [6, 6.07) is 19.1. The normalized spacial score (nSPS) is 11.7. The van der Waals surface area contributed by atoms with Gasteiger partial charge in [0.05, 0.1) is 80.9 Å². The molecule has 3 heterocycles. The predicted octanol–water partition coefficient (Wildman–Crippen LogP) is 16.9. The molecule has 358 valence electrons. The van der Waals surface area contributed by atoms with E-state index in [1.54, 1.807) is 34.0 Å². The van der Waals surface area contributed by atoms with E-state index in [-0.39, 0.29) is 0 Å². The molecule has 1 aromatic carbocycles. The van der Waals surface area contributed by atoms with E-state index >= 15 is 0 Å². The van der Waals surface area contributed by atoms with Gasteiger partial charge in [-0.3, -0.25) is 0 Å². The van der Waals surface area contributed by atoms with Crippen LogP contribution in [0.5, 0.6) is 11.5 Å². The molecule has 0 amide bonds. The summed E-state index contributed by atoms with van der Waals surface area (Å²) in [5, 5.41) is 0. The zero-order chi connectivity index (χ0) is 46.4. The third-order valence-corrected chi connectivity index (χ3v) is 17.8. The SMILES string of the molecule is C#Cc1ccc(-c2ccc(-c3ccc(C#Cc4cc(OCCCCCCCCCCCC[N+](CC)(CC)CC)ccc4OCCCCCCCCCCCC[N+](CC)(CC)CC)s3)s2)s1. The van der Waals surface area contributed by atoms with Gasteiger partial charge >= 0.3 is 0 Å². The number of terminal acetylenes is 1. The second-order valence-electron chi connectivity index (χ2n) is 18.3. The van der Waals surface area contributed by atoms with Crippen molar-refractivity contribution in [3.05, 3.63) is 69.9 Å². The van der Waals surface area contributed by atoms with Crippen LogP contribution in [0.3, 0.4) is 0 Å². The number of ether oxygens (including phenoxy) is 2. The first-order chi connectivity index (χ1) is 31.9. The van der Waals surface area contributed by atoms with E-state index in [1.165, 1.54) is 196 Å². The molecule has 0 atom stereocenters. The first-order valence-corrected chi connectivity index (χ1v) is 28.7. The van der Waals surface area contributed by atoms with Crippen LogP contribution in [0.1, 0.15) is 185 Å². The first-order valence-electron chi connectivity index (χ1n) is 26.2. The average Bonchev–Trinajstić information content (AvgIpc) is 4.14. The second kappa shape index (κ2) is 31.8. The quantitative estimate of drug-likeness (QED) is 0.0257. The first kappa shape index (κ1) is 54.6. The molecule has 0 spiro atoms. The molecule has 0 aliphatic rings. The lowest BCUT2D eigenvalue weighted by atomic mass is 10.1. The van der Waals surface area contributed by atoms with Gasteiger partial charge in [0.25, 0.3) is 0 Å². The fourth-order valence-corrected chi connectivity index (χ4v) is 12.1. The lowest BCUT2D eigenvalue weighted by Crippen LogP contribution is -2.48. The topological polar surface area (TPSA) is 18.5 Å². The maximum Gasteiger partial charge on any atom is 0.135 e. The van der Waals surface area contributed by atoms with Crippen LogP contribution in [0.15, 0.2) is 54.6 Å². The lowest BCUT2D eigenvalue weighted by molar-refractivity contribution is -0.923. The Labute approximate surface area is 410 Å². The van der Waals surface area contributed by atoms with E-state index in [4.69, 9.17) is 15.9 Å². The van der Waals surface area contributed by atoms with Crippen LogP contribution in [-0.4, -0.2) is 74.5 Å². The van der Waals surface area contributed by atoms with Crippen LogP contribution < -0.4 is 9.47 Å². The molecule has 0 N–H and O–H groups in total. The van der Waals surface area contributed by atoms with Gasteiger partial charge < -0.3 is 18.4 Å². The molecule has 0 fully saturated rings. The second-order valence-corrected chi connectivity index (χ2v) is 21.6. The highest BCUT2D eigenvalue weighted by Gasteiger charge is 2.20. The van der Waals surface area contributed by atoms with E-state index in [0.29, 0.717) is 0 Å². The van der Waals surface area contributed by atoms with Gasteiger partial charge in [0.1, 0.15) is 11.5 Å². The van der Waals surface area contributed by atoms with Crippen molar-refractivity contribution < 1.29 is 18.4 Å². The van der Waals surface area contributed by atoms with Gasteiger partial charge in [-0.25, -0.2) is 0 Å². The maximum absolute atomic E-state index is 6.42. The molecule has 0 aliphatic heterocycles. The fourth-order valence-electron chi connectivity index (χ4n) is 9.23. The average molecular weight is 942 g/mol. The molecule has 0 saturated heterocycles. The van der Waals surface area contributed by atoms with Crippen LogP contribution >= 0.6 is 34.0 Å². The van der Waals surface area contributed by atoms with Gasteiger partial charge in [-0.15, -0.1) is 40.4 Å². The van der Waals surface area contributed by atoms with E-state index in [1.807, 2.05) is 6.07 Å². The Morgan fingerprint density at radius 3 is 1.25 bits per heavy atom. The summed E-state index contributed by atoms with van der Waals surface area (Å²) < 4.78 is 15.3. The number of thiophene rings is 3. The van der Waals surface area contributed by atoms with E-state index < -0.39 is 0 Å². The molecule has 0 radical (unpaired) electrons. The Bertz CT molecular complexity index is 1950. The summed E-state index contributed by atoms with van der Waals surface area (Å²) in [6.45, 7) is 25.9. The van der Waals surface area contributed by atoms with Gasteiger partial charge in [-0.05, 0) is 135 Å². The van der Waals surface area contributed by atoms with Gasteiger partial charge in [-0.2, -0.15) is 0 Å². The van der Waals surface area contributed by atoms with Crippen molar-refractivity contribution >= 4 is 34.0 Å². The highest BCUT2D eigenvalue weighted by atomic mass is 32.1. The number of unbranched alkanes of at least 4 members (excludes halogenated alkanes) is 18. The van der Waals surface area contributed by atoms with Crippen molar-refractivity contribution in [1.82, 2.24) is 0 Å². The van der Waals surface area contributed by atoms with Gasteiger partial charge in [0.15, 0.2) is 0 Å². The third-order valence-electron chi connectivity index (χ3n) is 14.3. The van der Waals surface area contributed by atoms with Gasteiger partial charge in [0.2, 0.25) is 0 Å². The van der Waals surface area contributed by atoms with Crippen molar-refractivity contribution in [3.8, 4) is 55.2 Å². The summed E-state index contributed by atoms with van der Waals surface area (Å²) in [5.41, 5.74) is 0.904. The minimum absolute atomic E-state index is 0.718. The summed E-state index contributed by atoms with van der Waals surface area (Å²) in [5.74, 6) is 11.5. The van der Waals surface area contributed by atoms with Crippen molar-refractivity contribution in [1.29, 1.82) is 0 Å². The predicted molar refractivity (Wildman–Crippen MR) is 288 cm³/mol. The number of hydrogen-bond acceptors (Lipinski definition) is 5. The van der Waals surface area contributed by atoms with Gasteiger partial charge in [-0.1, -0.05) is 108 Å². The zero-order valence-corrected chi connectivity index (χ0v) is 44.4. The molecule has 4 nitrogen and oxygen atoms in total. The molecule has 0 aliphatic carbocycles. The van der Waals surface area contributed by atoms with Crippen molar-refractivity contribution in [3.63, 3.8) is 0 Å². The number of rotatable bonds is 36. The Morgan fingerprint density at radius 2 is 0.800 bits per heavy atom. The Balaban J connectivity index is 1.19. The summed E-state index contributed by atoms with van der Waals surface area (Å²) >= 11 is 5.22. The highest BCUT2D eigenvalue weighted by molar-refractivity contribution is 7.26. The molecule has 4 aromatic rings. The monoisotopic (exact) mass is 941 g/mol. The summed E-state index contributed by atoms with van der Waals surface area (Å²) in [6.07, 6.45) is 32.1. The minimum Gasteiger partial charge on any atom is -0.494 e. The van der Waals surface area contributed by atoms with Crippen molar-refractivity contribution in [2.45, 2.75) is 170 Å². The maximum atomic E-state index is 6.42. The lowest BCUT2D eigenvalue weighted by Gasteiger charge is -2.35. The van der Waals surface area contributed by atoms with Crippen LogP contribution in [0.2, 0.25) is 0 Å². The molecular weight excluding hydrogens is 853 g/mol. The van der Waals surface area contributed by atoms with Crippen molar-refractivity contribution in [2.75, 3.05) is 65.6 Å². The molecule has 65 heavy (non-hydrogen) atoms. The number of nitrogens with zero attached hydrogens (tertiary/aromatic N) is 2. The zero-order valence-electron chi connectivity index (χ0n) is 41.9. The van der Waals surface area contributed by atoms with Crippen LogP contribution in [0, 0.1) is 24.2 Å². The minimum atomic E-state index is 0.718. The van der Waals surface area contributed by atoms with Gasteiger partial charge in [0, 0.05) is 19.5 Å². The number of hydrogen-bond donors (Lipinski definition) is 0. The Kier molecular flexibility index (Phi) is 26.7. The molecular formula is C58H88N2O2S3+2. The van der Waals surface area contributed by atoms with Crippen molar-refractivity contribution in [2.24, 2.45) is 0 Å². The number of benzene rings is 1. The third kappa shape index (κ3) is 19.6. The smallest absolute Gasteiger partial charge is 0.135 e. The molecule has 0 bridgehead atoms. The molecule has 3 aromatic heterocycles. The molecule has 4 rings (SSSR count). The molecule has 0 saturated carbocycles. The summed E-state index contributed by atoms with van der Waals surface area (Å²) in [4.78, 5) is 6.97. The van der Waals surface area contributed by atoms with E-state index in [9.17, 15) is 0 Å². The van der Waals surface area contributed by atoms with Crippen LogP contribution in [0.25, 0.3) is 19.5 Å². The highest BCUT2D eigenvalue weighted by Crippen LogP contribution is 2.40.